The highest BCUT2D eigenvalue weighted by atomic mass is 32.2. The summed E-state index contributed by atoms with van der Waals surface area (Å²) in [6.45, 7) is 2.41. The van der Waals surface area contributed by atoms with Gasteiger partial charge in [-0.05, 0) is 61.2 Å². The summed E-state index contributed by atoms with van der Waals surface area (Å²) >= 11 is 1.56. The number of carbonyl (C=O) groups is 1. The number of hydrogen-bond acceptors (Lipinski definition) is 7. The van der Waals surface area contributed by atoms with Crippen LogP contribution in [0.2, 0.25) is 0 Å². The van der Waals surface area contributed by atoms with Crippen molar-refractivity contribution in [1.82, 2.24) is 0 Å². The van der Waals surface area contributed by atoms with Gasteiger partial charge in [0.25, 0.3) is 5.91 Å². The molecule has 0 saturated heterocycles. The molecule has 0 unspecified atom stereocenters. The molecule has 36 heavy (non-hydrogen) atoms. The predicted molar refractivity (Wildman–Crippen MR) is 140 cm³/mol. The van der Waals surface area contributed by atoms with Crippen molar-refractivity contribution in [2.24, 2.45) is 0 Å². The molecule has 8 heteroatoms. The average Bonchev–Trinajstić information content (AvgIpc) is 2.90. The van der Waals surface area contributed by atoms with Crippen molar-refractivity contribution in [2.75, 3.05) is 24.8 Å². The molecule has 7 nitrogen and oxygen atoms in total. The molecule has 0 bridgehead atoms. The van der Waals surface area contributed by atoms with Crippen LogP contribution in [0.15, 0.2) is 77.2 Å². The Kier molecular flexibility index (Phi) is 9.81. The van der Waals surface area contributed by atoms with Crippen molar-refractivity contribution < 1.29 is 19.0 Å². The molecule has 0 fully saturated rings. The number of thioether (sulfide) groups is 1. The van der Waals surface area contributed by atoms with Crippen molar-refractivity contribution in [3.05, 3.63) is 83.4 Å². The number of nitrogens with one attached hydrogen (secondary N) is 1. The van der Waals surface area contributed by atoms with Crippen LogP contribution in [0.1, 0.15) is 18.1 Å². The normalized spacial score (nSPS) is 10.6. The lowest BCUT2D eigenvalue weighted by Gasteiger charge is -2.14. The van der Waals surface area contributed by atoms with Crippen LogP contribution in [0, 0.1) is 22.7 Å². The van der Waals surface area contributed by atoms with Crippen molar-refractivity contribution in [1.29, 1.82) is 10.5 Å². The third-order valence-corrected chi connectivity index (χ3v) is 5.64. The number of para-hydroxylation sites is 1. The first-order valence-corrected chi connectivity index (χ1v) is 12.3. The minimum atomic E-state index is -0.497. The zero-order chi connectivity index (χ0) is 25.8. The van der Waals surface area contributed by atoms with E-state index in [0.29, 0.717) is 35.1 Å². The third kappa shape index (κ3) is 7.30. The number of nitriles is 2. The largest absolute Gasteiger partial charge is 0.490 e. The summed E-state index contributed by atoms with van der Waals surface area (Å²) in [5.74, 6) is 1.06. The molecular formula is C28H25N3O4S. The van der Waals surface area contributed by atoms with Gasteiger partial charge in [-0.1, -0.05) is 30.3 Å². The Labute approximate surface area is 214 Å². The molecule has 3 aromatic carbocycles. The Morgan fingerprint density at radius 1 is 0.972 bits per heavy atom. The molecule has 3 aromatic rings. The van der Waals surface area contributed by atoms with Crippen molar-refractivity contribution >= 4 is 29.4 Å². The Hall–Kier alpha value is -4.40. The Morgan fingerprint density at radius 2 is 1.81 bits per heavy atom. The minimum Gasteiger partial charge on any atom is -0.490 e. The van der Waals surface area contributed by atoms with Gasteiger partial charge in [-0.25, -0.2) is 0 Å². The zero-order valence-electron chi connectivity index (χ0n) is 20.0. The maximum atomic E-state index is 12.7. The van der Waals surface area contributed by atoms with Gasteiger partial charge < -0.3 is 19.5 Å². The molecule has 3 rings (SSSR count). The zero-order valence-corrected chi connectivity index (χ0v) is 20.8. The highest BCUT2D eigenvalue weighted by Gasteiger charge is 2.13. The van der Waals surface area contributed by atoms with Gasteiger partial charge in [0, 0.05) is 16.1 Å². The number of amides is 1. The van der Waals surface area contributed by atoms with Gasteiger partial charge in [0.2, 0.25) is 0 Å². The molecule has 0 heterocycles. The van der Waals surface area contributed by atoms with Crippen LogP contribution in [0.4, 0.5) is 5.69 Å². The lowest BCUT2D eigenvalue weighted by molar-refractivity contribution is -0.112. The maximum absolute atomic E-state index is 12.7. The topological polar surface area (TPSA) is 104 Å². The minimum absolute atomic E-state index is 0.0377. The second-order valence-electron chi connectivity index (χ2n) is 7.34. The number of anilines is 1. The molecule has 0 aliphatic heterocycles. The predicted octanol–water partition coefficient (Wildman–Crippen LogP) is 5.83. The first-order valence-electron chi connectivity index (χ1n) is 11.1. The van der Waals surface area contributed by atoms with E-state index in [1.165, 1.54) is 6.08 Å². The van der Waals surface area contributed by atoms with Gasteiger partial charge in [-0.15, -0.1) is 11.8 Å². The number of rotatable bonds is 11. The molecule has 0 aliphatic rings. The van der Waals surface area contributed by atoms with E-state index >= 15 is 0 Å². The second-order valence-corrected chi connectivity index (χ2v) is 8.22. The fraction of sp³-hybridized carbons (Fsp3) is 0.179. The van der Waals surface area contributed by atoms with Gasteiger partial charge in [-0.2, -0.15) is 10.5 Å². The van der Waals surface area contributed by atoms with Crippen LogP contribution in [0.25, 0.3) is 6.08 Å². The van der Waals surface area contributed by atoms with Gasteiger partial charge >= 0.3 is 0 Å². The number of nitrogens with zero attached hydrogens (tertiary/aromatic N) is 2. The van der Waals surface area contributed by atoms with Gasteiger partial charge in [0.15, 0.2) is 18.1 Å². The van der Waals surface area contributed by atoms with E-state index in [1.807, 2.05) is 61.7 Å². The molecule has 0 aromatic heterocycles. The van der Waals surface area contributed by atoms with E-state index in [-0.39, 0.29) is 18.8 Å². The quantitative estimate of drug-likeness (QED) is 0.201. The highest BCUT2D eigenvalue weighted by molar-refractivity contribution is 7.98. The standard InChI is InChI=1S/C28H25N3O4S/c1-3-33-27-16-20(15-22(18-30)28(32)31-23-8-6-9-24(17-23)36-2)11-12-26(27)35-19-21-7-4-5-10-25(21)34-14-13-29/h4-12,15-17H,3,14,19H2,1-2H3,(H,31,32). The van der Waals surface area contributed by atoms with Crippen molar-refractivity contribution in [3.63, 3.8) is 0 Å². The molecule has 1 N–H and O–H groups in total. The average molecular weight is 500 g/mol. The summed E-state index contributed by atoms with van der Waals surface area (Å²) in [4.78, 5) is 13.7. The van der Waals surface area contributed by atoms with E-state index < -0.39 is 5.91 Å². The first kappa shape index (κ1) is 26.2. The summed E-state index contributed by atoms with van der Waals surface area (Å²) < 4.78 is 17.2. The maximum Gasteiger partial charge on any atom is 0.266 e. The summed E-state index contributed by atoms with van der Waals surface area (Å²) in [5.41, 5.74) is 1.98. The van der Waals surface area contributed by atoms with Gasteiger partial charge in [-0.3, -0.25) is 4.79 Å². The number of carbonyl (C=O) groups excluding carboxylic acids is 1. The van der Waals surface area contributed by atoms with Crippen LogP contribution in [-0.4, -0.2) is 25.4 Å². The van der Waals surface area contributed by atoms with E-state index in [2.05, 4.69) is 5.32 Å². The molecule has 0 spiro atoms. The Balaban J connectivity index is 1.78. The summed E-state index contributed by atoms with van der Waals surface area (Å²) in [7, 11) is 0. The highest BCUT2D eigenvalue weighted by Crippen LogP contribution is 2.31. The Morgan fingerprint density at radius 3 is 2.56 bits per heavy atom. The van der Waals surface area contributed by atoms with Gasteiger partial charge in [0.1, 0.15) is 30.1 Å². The van der Waals surface area contributed by atoms with Crippen LogP contribution in [-0.2, 0) is 11.4 Å². The van der Waals surface area contributed by atoms with Crippen LogP contribution >= 0.6 is 11.8 Å². The SMILES string of the molecule is CCOc1cc(C=C(C#N)C(=O)Nc2cccc(SC)c2)ccc1OCc1ccccc1OCC#N. The second kappa shape index (κ2) is 13.5. The molecule has 1 amide bonds. The smallest absolute Gasteiger partial charge is 0.266 e. The number of ether oxygens (including phenoxy) is 3. The van der Waals surface area contributed by atoms with Crippen LogP contribution in [0.5, 0.6) is 17.2 Å². The molecular weight excluding hydrogens is 474 g/mol. The van der Waals surface area contributed by atoms with Crippen molar-refractivity contribution in [2.45, 2.75) is 18.4 Å². The fourth-order valence-corrected chi connectivity index (χ4v) is 3.71. The fourth-order valence-electron chi connectivity index (χ4n) is 3.25. The van der Waals surface area contributed by atoms with E-state index in [9.17, 15) is 10.1 Å². The third-order valence-electron chi connectivity index (χ3n) is 4.92. The summed E-state index contributed by atoms with van der Waals surface area (Å²) in [5, 5.41) is 21.1. The monoisotopic (exact) mass is 499 g/mol. The van der Waals surface area contributed by atoms with Crippen molar-refractivity contribution in [3.8, 4) is 29.4 Å². The molecule has 0 atom stereocenters. The first-order chi connectivity index (χ1) is 17.6. The number of hydrogen-bond donors (Lipinski definition) is 1. The lowest BCUT2D eigenvalue weighted by atomic mass is 10.1. The Bertz CT molecular complexity index is 1320. The molecule has 0 saturated carbocycles. The number of benzene rings is 3. The van der Waals surface area contributed by atoms with Crippen LogP contribution < -0.4 is 19.5 Å². The summed E-state index contributed by atoms with van der Waals surface area (Å²) in [6, 6.07) is 23.8. The molecule has 0 radical (unpaired) electrons. The molecule has 0 aliphatic carbocycles. The van der Waals surface area contributed by atoms with Crippen LogP contribution in [0.3, 0.4) is 0 Å². The lowest BCUT2D eigenvalue weighted by Crippen LogP contribution is -2.13. The van der Waals surface area contributed by atoms with E-state index in [0.717, 1.165) is 10.5 Å². The molecule has 182 valence electrons. The van der Waals surface area contributed by atoms with E-state index in [4.69, 9.17) is 19.5 Å². The van der Waals surface area contributed by atoms with E-state index in [1.54, 1.807) is 42.1 Å². The van der Waals surface area contributed by atoms with Gasteiger partial charge in [0.05, 0.1) is 6.61 Å². The summed E-state index contributed by atoms with van der Waals surface area (Å²) in [6.07, 6.45) is 3.46.